The molecule has 0 bridgehead atoms. The molecule has 0 aromatic heterocycles. The summed E-state index contributed by atoms with van der Waals surface area (Å²) in [6, 6.07) is 0. The molecule has 144 valence electrons. The van der Waals surface area contributed by atoms with Gasteiger partial charge in [-0.1, -0.05) is 92.4 Å². The zero-order valence-electron chi connectivity index (χ0n) is 17.2. The smallest absolute Gasteiger partial charge is 0.305 e. The van der Waals surface area contributed by atoms with Gasteiger partial charge in [0.15, 0.2) is 0 Å². The third-order valence-electron chi connectivity index (χ3n) is 5.10. The highest BCUT2D eigenvalue weighted by atomic mass is 16.5. The van der Waals surface area contributed by atoms with Gasteiger partial charge in [-0.15, -0.1) is 0 Å². The van der Waals surface area contributed by atoms with Crippen LogP contribution in [0.25, 0.3) is 0 Å². The summed E-state index contributed by atoms with van der Waals surface area (Å²) in [6.45, 7) is 12.0. The summed E-state index contributed by atoms with van der Waals surface area (Å²) in [7, 11) is 0. The van der Waals surface area contributed by atoms with Gasteiger partial charge in [-0.2, -0.15) is 0 Å². The lowest BCUT2D eigenvalue weighted by Gasteiger charge is -2.23. The molecular weight excluding hydrogens is 296 g/mol. The van der Waals surface area contributed by atoms with Crippen LogP contribution in [0.5, 0.6) is 0 Å². The second-order valence-electron chi connectivity index (χ2n) is 8.05. The van der Waals surface area contributed by atoms with Crippen LogP contribution >= 0.6 is 0 Å². The number of carbonyl (C=O) groups is 1. The van der Waals surface area contributed by atoms with Gasteiger partial charge in [-0.05, 0) is 30.6 Å². The molecule has 2 heteroatoms. The van der Waals surface area contributed by atoms with Crippen molar-refractivity contribution in [1.82, 2.24) is 0 Å². The van der Waals surface area contributed by atoms with Crippen molar-refractivity contribution in [3.05, 3.63) is 0 Å². The third-order valence-corrected chi connectivity index (χ3v) is 5.10. The van der Waals surface area contributed by atoms with E-state index in [4.69, 9.17) is 4.74 Å². The van der Waals surface area contributed by atoms with E-state index in [2.05, 4.69) is 34.6 Å². The van der Waals surface area contributed by atoms with Crippen LogP contribution in [-0.4, -0.2) is 12.6 Å². The van der Waals surface area contributed by atoms with Crippen LogP contribution in [0.3, 0.4) is 0 Å². The molecule has 0 amide bonds. The molecule has 0 saturated carbocycles. The van der Waals surface area contributed by atoms with Gasteiger partial charge in [0.1, 0.15) is 0 Å². The largest absolute Gasteiger partial charge is 0.465 e. The molecular formula is C22H44O2. The monoisotopic (exact) mass is 340 g/mol. The number of hydrogen-bond donors (Lipinski definition) is 0. The van der Waals surface area contributed by atoms with Gasteiger partial charge in [0, 0.05) is 6.42 Å². The summed E-state index contributed by atoms with van der Waals surface area (Å²) in [5.41, 5.74) is 0. The van der Waals surface area contributed by atoms with Gasteiger partial charge in [0.25, 0.3) is 0 Å². The van der Waals surface area contributed by atoms with E-state index in [9.17, 15) is 4.79 Å². The molecule has 0 aromatic carbocycles. The lowest BCUT2D eigenvalue weighted by molar-refractivity contribution is -0.145. The third kappa shape index (κ3) is 13.9. The van der Waals surface area contributed by atoms with E-state index >= 15 is 0 Å². The van der Waals surface area contributed by atoms with Crippen LogP contribution in [0.4, 0.5) is 0 Å². The van der Waals surface area contributed by atoms with Crippen molar-refractivity contribution in [1.29, 1.82) is 0 Å². The van der Waals surface area contributed by atoms with Crippen molar-refractivity contribution in [2.45, 2.75) is 112 Å². The Balaban J connectivity index is 3.76. The molecule has 0 aliphatic heterocycles. The number of unbranched alkanes of at least 4 members (excludes halogenated alkanes) is 5. The maximum atomic E-state index is 11.9. The first-order chi connectivity index (χ1) is 11.5. The highest BCUT2D eigenvalue weighted by Gasteiger charge is 2.18. The minimum Gasteiger partial charge on any atom is -0.465 e. The molecule has 0 saturated heterocycles. The summed E-state index contributed by atoms with van der Waals surface area (Å²) < 4.78 is 5.58. The minimum absolute atomic E-state index is 0.0148. The second-order valence-corrected chi connectivity index (χ2v) is 8.05. The molecule has 0 N–H and O–H groups in total. The topological polar surface area (TPSA) is 26.3 Å². The van der Waals surface area contributed by atoms with E-state index in [1.807, 2.05) is 0 Å². The molecule has 0 spiro atoms. The molecule has 24 heavy (non-hydrogen) atoms. The Morgan fingerprint density at radius 2 is 1.46 bits per heavy atom. The Bertz CT molecular complexity index is 286. The van der Waals surface area contributed by atoms with Crippen LogP contribution in [0.15, 0.2) is 0 Å². The molecule has 0 aliphatic rings. The Kier molecular flexibility index (Phi) is 15.6. The molecule has 2 atom stereocenters. The van der Waals surface area contributed by atoms with E-state index in [0.29, 0.717) is 24.9 Å². The Morgan fingerprint density at radius 3 is 2.08 bits per heavy atom. The molecule has 2 unspecified atom stereocenters. The SMILES string of the molecule is CCCCC(C)C(CCC)COC(=O)CCCCCCCC(C)C. The predicted molar refractivity (Wildman–Crippen MR) is 105 cm³/mol. The van der Waals surface area contributed by atoms with E-state index in [1.54, 1.807) is 0 Å². The summed E-state index contributed by atoms with van der Waals surface area (Å²) in [5, 5.41) is 0. The molecule has 0 aliphatic carbocycles. The maximum absolute atomic E-state index is 11.9. The fourth-order valence-electron chi connectivity index (χ4n) is 3.29. The number of ether oxygens (including phenoxy) is 1. The summed E-state index contributed by atoms with van der Waals surface area (Å²) in [6.07, 6.45) is 14.1. The summed E-state index contributed by atoms with van der Waals surface area (Å²) in [4.78, 5) is 11.9. The molecule has 0 fully saturated rings. The maximum Gasteiger partial charge on any atom is 0.305 e. The van der Waals surface area contributed by atoms with E-state index in [1.165, 1.54) is 64.2 Å². The number of hydrogen-bond acceptors (Lipinski definition) is 2. The van der Waals surface area contributed by atoms with Crippen LogP contribution < -0.4 is 0 Å². The van der Waals surface area contributed by atoms with Gasteiger partial charge >= 0.3 is 5.97 Å². The lowest BCUT2D eigenvalue weighted by Crippen LogP contribution is -2.20. The van der Waals surface area contributed by atoms with E-state index in [-0.39, 0.29) is 5.97 Å². The van der Waals surface area contributed by atoms with Gasteiger partial charge in [-0.25, -0.2) is 0 Å². The summed E-state index contributed by atoms with van der Waals surface area (Å²) >= 11 is 0. The summed E-state index contributed by atoms with van der Waals surface area (Å²) in [5.74, 6) is 2.04. The Labute approximate surface area is 152 Å². The average Bonchev–Trinajstić information content (AvgIpc) is 2.55. The van der Waals surface area contributed by atoms with E-state index < -0.39 is 0 Å². The van der Waals surface area contributed by atoms with Crippen molar-refractivity contribution in [2.24, 2.45) is 17.8 Å². The highest BCUT2D eigenvalue weighted by molar-refractivity contribution is 5.69. The number of rotatable bonds is 16. The van der Waals surface area contributed by atoms with Gasteiger partial charge in [0.05, 0.1) is 6.61 Å². The van der Waals surface area contributed by atoms with Crippen LogP contribution in [0.2, 0.25) is 0 Å². The van der Waals surface area contributed by atoms with Crippen LogP contribution in [0, 0.1) is 17.8 Å². The quantitative estimate of drug-likeness (QED) is 0.220. The first-order valence-electron chi connectivity index (χ1n) is 10.7. The fraction of sp³-hybridized carbons (Fsp3) is 0.955. The zero-order valence-corrected chi connectivity index (χ0v) is 17.2. The zero-order chi connectivity index (χ0) is 18.2. The molecule has 0 radical (unpaired) electrons. The normalized spacial score (nSPS) is 13.9. The molecule has 2 nitrogen and oxygen atoms in total. The second kappa shape index (κ2) is 16.0. The highest BCUT2D eigenvalue weighted by Crippen LogP contribution is 2.23. The van der Waals surface area contributed by atoms with Crippen molar-refractivity contribution in [3.8, 4) is 0 Å². The molecule has 0 aromatic rings. The fourth-order valence-corrected chi connectivity index (χ4v) is 3.29. The Morgan fingerprint density at radius 1 is 0.792 bits per heavy atom. The average molecular weight is 341 g/mol. The minimum atomic E-state index is 0.0148. The first-order valence-corrected chi connectivity index (χ1v) is 10.7. The predicted octanol–water partition coefficient (Wildman–Crippen LogP) is 7.16. The molecule has 0 rings (SSSR count). The van der Waals surface area contributed by atoms with Crippen molar-refractivity contribution in [3.63, 3.8) is 0 Å². The van der Waals surface area contributed by atoms with Crippen molar-refractivity contribution >= 4 is 5.97 Å². The number of esters is 1. The van der Waals surface area contributed by atoms with Gasteiger partial charge in [0.2, 0.25) is 0 Å². The van der Waals surface area contributed by atoms with Gasteiger partial charge in [-0.3, -0.25) is 4.79 Å². The first kappa shape index (κ1) is 23.5. The van der Waals surface area contributed by atoms with Crippen LogP contribution in [0.1, 0.15) is 112 Å². The van der Waals surface area contributed by atoms with E-state index in [0.717, 1.165) is 12.3 Å². The van der Waals surface area contributed by atoms with Crippen molar-refractivity contribution in [2.75, 3.05) is 6.61 Å². The van der Waals surface area contributed by atoms with Gasteiger partial charge < -0.3 is 4.74 Å². The van der Waals surface area contributed by atoms with Crippen molar-refractivity contribution < 1.29 is 9.53 Å². The van der Waals surface area contributed by atoms with Crippen LogP contribution in [-0.2, 0) is 9.53 Å². The standard InChI is InChI=1S/C22H44O2/c1-6-8-16-20(5)21(14-7-2)18-24-22(23)17-13-11-9-10-12-15-19(3)4/h19-21H,6-18H2,1-5H3. The Hall–Kier alpha value is -0.530. The molecule has 0 heterocycles. The number of carbonyl (C=O) groups excluding carboxylic acids is 1. The lowest BCUT2D eigenvalue weighted by atomic mass is 9.87.